The molecule has 0 spiro atoms. The lowest BCUT2D eigenvalue weighted by molar-refractivity contribution is -0.385. The summed E-state index contributed by atoms with van der Waals surface area (Å²) < 4.78 is 10.4. The monoisotopic (exact) mass is 282 g/mol. The Bertz CT molecular complexity index is 490. The fourth-order valence-corrected chi connectivity index (χ4v) is 1.64. The number of nitro groups is 1. The van der Waals surface area contributed by atoms with Crippen LogP contribution >= 0.6 is 0 Å². The van der Waals surface area contributed by atoms with Gasteiger partial charge >= 0.3 is 5.97 Å². The summed E-state index contributed by atoms with van der Waals surface area (Å²) >= 11 is 0. The third-order valence-electron chi connectivity index (χ3n) is 2.78. The van der Waals surface area contributed by atoms with Gasteiger partial charge in [-0.3, -0.25) is 14.9 Å². The minimum atomic E-state index is -0.617. The van der Waals surface area contributed by atoms with Gasteiger partial charge < -0.3 is 14.8 Å². The standard InChI is InChI=1S/C13H18N2O5/c1-4-19-13(16)10(14-3)8-20-12-7-5-6-11(9(12)2)15(17)18/h5-7,10,14H,4,8H2,1-3H3. The molecule has 1 N–H and O–H groups in total. The van der Waals surface area contributed by atoms with E-state index in [4.69, 9.17) is 9.47 Å². The van der Waals surface area contributed by atoms with Gasteiger partial charge in [0, 0.05) is 6.07 Å². The van der Waals surface area contributed by atoms with Crippen LogP contribution in [0.4, 0.5) is 5.69 Å². The predicted octanol–water partition coefficient (Wildman–Crippen LogP) is 1.43. The molecule has 0 saturated heterocycles. The summed E-state index contributed by atoms with van der Waals surface area (Å²) in [6.07, 6.45) is 0. The summed E-state index contributed by atoms with van der Waals surface area (Å²) in [6, 6.07) is 3.95. The van der Waals surface area contributed by atoms with Crippen LogP contribution < -0.4 is 10.1 Å². The zero-order valence-corrected chi connectivity index (χ0v) is 11.7. The Morgan fingerprint density at radius 2 is 2.20 bits per heavy atom. The second kappa shape index (κ2) is 7.44. The van der Waals surface area contributed by atoms with E-state index in [-0.39, 0.29) is 18.9 Å². The smallest absolute Gasteiger partial charge is 0.326 e. The maximum Gasteiger partial charge on any atom is 0.326 e. The van der Waals surface area contributed by atoms with Crippen LogP contribution in [0.25, 0.3) is 0 Å². The number of nitrogens with one attached hydrogen (secondary N) is 1. The number of nitrogens with zero attached hydrogens (tertiary/aromatic N) is 1. The van der Waals surface area contributed by atoms with Gasteiger partial charge in [0.2, 0.25) is 0 Å². The number of ether oxygens (including phenoxy) is 2. The Kier molecular flexibility index (Phi) is 5.92. The van der Waals surface area contributed by atoms with E-state index in [1.165, 1.54) is 6.07 Å². The molecule has 1 rings (SSSR count). The van der Waals surface area contributed by atoms with Gasteiger partial charge in [0.25, 0.3) is 5.69 Å². The minimum absolute atomic E-state index is 0.0142. The van der Waals surface area contributed by atoms with Crippen LogP contribution in [0, 0.1) is 17.0 Å². The Labute approximate surface area is 117 Å². The average Bonchev–Trinajstić information content (AvgIpc) is 2.41. The normalized spacial score (nSPS) is 11.8. The van der Waals surface area contributed by atoms with Crippen LogP contribution in [0.15, 0.2) is 18.2 Å². The van der Waals surface area contributed by atoms with Crippen molar-refractivity contribution in [3.8, 4) is 5.75 Å². The molecule has 20 heavy (non-hydrogen) atoms. The number of hydrogen-bond acceptors (Lipinski definition) is 6. The number of nitro benzene ring substituents is 1. The van der Waals surface area contributed by atoms with Gasteiger partial charge in [-0.25, -0.2) is 0 Å². The maximum atomic E-state index is 11.6. The quantitative estimate of drug-likeness (QED) is 0.462. The molecule has 1 aromatic rings. The van der Waals surface area contributed by atoms with Crippen molar-refractivity contribution in [3.63, 3.8) is 0 Å². The molecular weight excluding hydrogens is 264 g/mol. The molecule has 0 heterocycles. The number of carbonyl (C=O) groups is 1. The number of likely N-dealkylation sites (N-methyl/N-ethyl adjacent to an activating group) is 1. The molecule has 1 unspecified atom stereocenters. The van der Waals surface area contributed by atoms with Crippen molar-refractivity contribution < 1.29 is 19.2 Å². The van der Waals surface area contributed by atoms with Gasteiger partial charge in [-0.15, -0.1) is 0 Å². The lowest BCUT2D eigenvalue weighted by Gasteiger charge is -2.16. The average molecular weight is 282 g/mol. The molecule has 0 saturated carbocycles. The van der Waals surface area contributed by atoms with Crippen LogP contribution in [-0.2, 0) is 9.53 Å². The molecule has 0 amide bonds. The lowest BCUT2D eigenvalue weighted by Crippen LogP contribution is -2.40. The molecule has 0 aromatic heterocycles. The summed E-state index contributed by atoms with van der Waals surface area (Å²) in [5.74, 6) is -0.0400. The van der Waals surface area contributed by atoms with Crippen molar-refractivity contribution in [1.29, 1.82) is 0 Å². The third kappa shape index (κ3) is 3.92. The summed E-state index contributed by atoms with van der Waals surface area (Å²) in [6.45, 7) is 3.65. The fraction of sp³-hybridized carbons (Fsp3) is 0.462. The summed E-state index contributed by atoms with van der Waals surface area (Å²) in [5, 5.41) is 13.6. The van der Waals surface area contributed by atoms with E-state index in [0.29, 0.717) is 11.3 Å². The first-order valence-electron chi connectivity index (χ1n) is 6.22. The van der Waals surface area contributed by atoms with Gasteiger partial charge in [0.15, 0.2) is 0 Å². The van der Waals surface area contributed by atoms with Crippen molar-refractivity contribution in [2.75, 3.05) is 20.3 Å². The van der Waals surface area contributed by atoms with Crippen LogP contribution in [0.1, 0.15) is 12.5 Å². The van der Waals surface area contributed by atoms with Crippen molar-refractivity contribution in [3.05, 3.63) is 33.9 Å². The molecule has 0 aliphatic heterocycles. The molecular formula is C13H18N2O5. The molecule has 7 nitrogen and oxygen atoms in total. The number of hydrogen-bond donors (Lipinski definition) is 1. The van der Waals surface area contributed by atoms with Gasteiger partial charge in [0.05, 0.1) is 17.1 Å². The van der Waals surface area contributed by atoms with Crippen molar-refractivity contribution in [2.45, 2.75) is 19.9 Å². The van der Waals surface area contributed by atoms with Crippen molar-refractivity contribution in [1.82, 2.24) is 5.32 Å². The zero-order valence-electron chi connectivity index (χ0n) is 11.7. The highest BCUT2D eigenvalue weighted by Crippen LogP contribution is 2.26. The van der Waals surface area contributed by atoms with Crippen LogP contribution in [0.2, 0.25) is 0 Å². The highest BCUT2D eigenvalue weighted by molar-refractivity contribution is 5.75. The molecule has 0 bridgehead atoms. The minimum Gasteiger partial charge on any atom is -0.491 e. The van der Waals surface area contributed by atoms with E-state index in [1.807, 2.05) is 0 Å². The Morgan fingerprint density at radius 3 is 2.75 bits per heavy atom. The second-order valence-electron chi connectivity index (χ2n) is 4.06. The Balaban J connectivity index is 2.76. The summed E-state index contributed by atoms with van der Waals surface area (Å²) in [5.41, 5.74) is 0.413. The topological polar surface area (TPSA) is 90.7 Å². The fourth-order valence-electron chi connectivity index (χ4n) is 1.64. The van der Waals surface area contributed by atoms with E-state index in [9.17, 15) is 14.9 Å². The lowest BCUT2D eigenvalue weighted by atomic mass is 10.2. The molecule has 1 atom stereocenters. The van der Waals surface area contributed by atoms with Gasteiger partial charge in [-0.05, 0) is 27.0 Å². The first-order valence-corrected chi connectivity index (χ1v) is 6.22. The summed E-state index contributed by atoms with van der Waals surface area (Å²) in [4.78, 5) is 21.9. The van der Waals surface area contributed by atoms with E-state index >= 15 is 0 Å². The number of benzene rings is 1. The number of carbonyl (C=O) groups excluding carboxylic acids is 1. The van der Waals surface area contributed by atoms with E-state index < -0.39 is 16.9 Å². The third-order valence-corrected chi connectivity index (χ3v) is 2.78. The SMILES string of the molecule is CCOC(=O)C(COc1cccc([N+](=O)[O-])c1C)NC. The van der Waals surface area contributed by atoms with Crippen molar-refractivity contribution in [2.24, 2.45) is 0 Å². The molecule has 0 fully saturated rings. The van der Waals surface area contributed by atoms with E-state index in [0.717, 1.165) is 0 Å². The van der Waals surface area contributed by atoms with Gasteiger partial charge in [-0.2, -0.15) is 0 Å². The number of rotatable bonds is 7. The first-order chi connectivity index (χ1) is 9.51. The first kappa shape index (κ1) is 15.9. The molecule has 0 aliphatic rings. The van der Waals surface area contributed by atoms with Crippen molar-refractivity contribution >= 4 is 11.7 Å². The zero-order chi connectivity index (χ0) is 15.1. The van der Waals surface area contributed by atoms with Crippen LogP contribution in [0.5, 0.6) is 5.75 Å². The highest BCUT2D eigenvalue weighted by atomic mass is 16.6. The Hall–Kier alpha value is -2.15. The van der Waals surface area contributed by atoms with E-state index in [2.05, 4.69) is 5.32 Å². The Morgan fingerprint density at radius 1 is 1.50 bits per heavy atom. The molecule has 0 aliphatic carbocycles. The molecule has 1 aromatic carbocycles. The predicted molar refractivity (Wildman–Crippen MR) is 72.8 cm³/mol. The van der Waals surface area contributed by atoms with Gasteiger partial charge in [-0.1, -0.05) is 6.07 Å². The second-order valence-corrected chi connectivity index (χ2v) is 4.06. The van der Waals surface area contributed by atoms with E-state index in [1.54, 1.807) is 33.0 Å². The molecule has 0 radical (unpaired) electrons. The maximum absolute atomic E-state index is 11.6. The van der Waals surface area contributed by atoms with Crippen LogP contribution in [0.3, 0.4) is 0 Å². The largest absolute Gasteiger partial charge is 0.491 e. The van der Waals surface area contributed by atoms with Gasteiger partial charge in [0.1, 0.15) is 18.4 Å². The number of esters is 1. The molecule has 7 heteroatoms. The van der Waals surface area contributed by atoms with Crippen LogP contribution in [-0.4, -0.2) is 37.2 Å². The molecule has 110 valence electrons. The summed E-state index contributed by atoms with van der Waals surface area (Å²) in [7, 11) is 1.62. The highest BCUT2D eigenvalue weighted by Gasteiger charge is 2.20.